The maximum Gasteiger partial charge on any atom is 0.251 e. The first-order chi connectivity index (χ1) is 12.9. The molecule has 2 aromatic carbocycles. The lowest BCUT2D eigenvalue weighted by Crippen LogP contribution is -2.26. The second kappa shape index (κ2) is 9.67. The van der Waals surface area contributed by atoms with Crippen molar-refractivity contribution < 1.29 is 13.2 Å². The van der Waals surface area contributed by atoms with E-state index in [1.165, 1.54) is 17.7 Å². The Morgan fingerprint density at radius 3 is 2.07 bits per heavy atom. The summed E-state index contributed by atoms with van der Waals surface area (Å²) >= 11 is 0. The van der Waals surface area contributed by atoms with Crippen molar-refractivity contribution in [3.63, 3.8) is 0 Å². The predicted octanol–water partition coefficient (Wildman–Crippen LogP) is 3.25. The molecule has 1 amide bonds. The van der Waals surface area contributed by atoms with Crippen molar-refractivity contribution in [3.8, 4) is 0 Å². The Balaban J connectivity index is 2.06. The van der Waals surface area contributed by atoms with Crippen molar-refractivity contribution in [2.75, 3.05) is 18.8 Å². The quantitative estimate of drug-likeness (QED) is 0.716. The first-order valence-corrected chi connectivity index (χ1v) is 11.0. The third-order valence-corrected chi connectivity index (χ3v) is 6.45. The summed E-state index contributed by atoms with van der Waals surface area (Å²) in [7, 11) is -3.25. The molecule has 0 spiro atoms. The van der Waals surface area contributed by atoms with Crippen molar-refractivity contribution in [2.24, 2.45) is 0 Å². The summed E-state index contributed by atoms with van der Waals surface area (Å²) in [5, 5.41) is 2.93. The van der Waals surface area contributed by atoms with Crippen LogP contribution in [-0.2, 0) is 22.9 Å². The maximum absolute atomic E-state index is 12.4. The van der Waals surface area contributed by atoms with Crippen LogP contribution >= 0.6 is 0 Å². The summed E-state index contributed by atoms with van der Waals surface area (Å²) in [5.41, 5.74) is 2.74. The van der Waals surface area contributed by atoms with Crippen molar-refractivity contribution in [1.29, 1.82) is 0 Å². The smallest absolute Gasteiger partial charge is 0.251 e. The van der Waals surface area contributed by atoms with Gasteiger partial charge < -0.3 is 5.32 Å². The van der Waals surface area contributed by atoms with E-state index in [1.54, 1.807) is 19.1 Å². The molecular formula is C21H28N2O3S. The van der Waals surface area contributed by atoms with Gasteiger partial charge in [-0.15, -0.1) is 0 Å². The molecule has 0 aliphatic carbocycles. The van der Waals surface area contributed by atoms with Gasteiger partial charge in [0.25, 0.3) is 5.91 Å². The molecule has 146 valence electrons. The van der Waals surface area contributed by atoms with Crippen LogP contribution in [-0.4, -0.2) is 38.1 Å². The number of nitrogens with zero attached hydrogens (tertiary/aromatic N) is 1. The Kier molecular flexibility index (Phi) is 7.56. The molecule has 0 unspecified atom stereocenters. The minimum absolute atomic E-state index is 0.0435. The van der Waals surface area contributed by atoms with E-state index in [-0.39, 0.29) is 16.6 Å². The van der Waals surface area contributed by atoms with E-state index in [0.29, 0.717) is 12.1 Å². The molecule has 0 bridgehead atoms. The van der Waals surface area contributed by atoms with Gasteiger partial charge in [-0.05, 0) is 48.5 Å². The molecule has 0 fully saturated rings. The Hall–Kier alpha value is -2.18. The molecule has 2 rings (SSSR count). The van der Waals surface area contributed by atoms with Gasteiger partial charge in [0, 0.05) is 18.7 Å². The van der Waals surface area contributed by atoms with E-state index in [1.807, 2.05) is 18.2 Å². The van der Waals surface area contributed by atoms with E-state index < -0.39 is 9.84 Å². The summed E-state index contributed by atoms with van der Waals surface area (Å²) < 4.78 is 23.7. The second-order valence-corrected chi connectivity index (χ2v) is 8.62. The van der Waals surface area contributed by atoms with Crippen LogP contribution in [0.5, 0.6) is 0 Å². The number of nitrogens with one attached hydrogen (secondary N) is 1. The predicted molar refractivity (Wildman–Crippen MR) is 108 cm³/mol. The molecule has 0 saturated carbocycles. The molecule has 2 aromatic rings. The fourth-order valence-electron chi connectivity index (χ4n) is 2.83. The topological polar surface area (TPSA) is 66.5 Å². The van der Waals surface area contributed by atoms with Crippen LogP contribution in [0.4, 0.5) is 0 Å². The van der Waals surface area contributed by atoms with Gasteiger partial charge in [-0.2, -0.15) is 0 Å². The number of amides is 1. The normalized spacial score (nSPS) is 11.6. The van der Waals surface area contributed by atoms with E-state index in [9.17, 15) is 13.2 Å². The Bertz CT molecular complexity index is 857. The second-order valence-electron chi connectivity index (χ2n) is 6.34. The Morgan fingerprint density at radius 1 is 0.926 bits per heavy atom. The fraction of sp³-hybridized carbons (Fsp3) is 0.381. The van der Waals surface area contributed by atoms with Gasteiger partial charge in [0.05, 0.1) is 10.6 Å². The van der Waals surface area contributed by atoms with Crippen LogP contribution in [0.2, 0.25) is 0 Å². The lowest BCUT2D eigenvalue weighted by atomic mass is 10.1. The van der Waals surface area contributed by atoms with Crippen LogP contribution in [0.15, 0.2) is 53.4 Å². The number of hydrogen-bond acceptors (Lipinski definition) is 4. The molecule has 0 aromatic heterocycles. The molecule has 0 heterocycles. The molecule has 0 radical (unpaired) electrons. The monoisotopic (exact) mass is 388 g/mol. The van der Waals surface area contributed by atoms with Gasteiger partial charge in [0.2, 0.25) is 0 Å². The first-order valence-electron chi connectivity index (χ1n) is 9.31. The van der Waals surface area contributed by atoms with Crippen LogP contribution in [0.3, 0.4) is 0 Å². The molecular weight excluding hydrogens is 360 g/mol. The highest BCUT2D eigenvalue weighted by molar-refractivity contribution is 7.91. The SMILES string of the molecule is CCN(CC)Cc1ccccc1CNC(=O)c1ccc(S(=O)(=O)CC)cc1. The van der Waals surface area contributed by atoms with Crippen LogP contribution in [0, 0.1) is 0 Å². The van der Waals surface area contributed by atoms with E-state index in [4.69, 9.17) is 0 Å². The minimum atomic E-state index is -3.25. The summed E-state index contributed by atoms with van der Waals surface area (Å²) in [6, 6.07) is 14.2. The van der Waals surface area contributed by atoms with Crippen molar-refractivity contribution in [1.82, 2.24) is 10.2 Å². The zero-order chi connectivity index (χ0) is 19.9. The van der Waals surface area contributed by atoms with Crippen molar-refractivity contribution >= 4 is 15.7 Å². The summed E-state index contributed by atoms with van der Waals surface area (Å²) in [5.74, 6) is -0.171. The van der Waals surface area contributed by atoms with Crippen LogP contribution in [0.1, 0.15) is 42.3 Å². The van der Waals surface area contributed by atoms with E-state index in [0.717, 1.165) is 25.2 Å². The molecule has 1 N–H and O–H groups in total. The van der Waals surface area contributed by atoms with Gasteiger partial charge >= 0.3 is 0 Å². The highest BCUT2D eigenvalue weighted by Crippen LogP contribution is 2.14. The number of carbonyl (C=O) groups is 1. The highest BCUT2D eigenvalue weighted by atomic mass is 32.2. The first kappa shape index (κ1) is 21.1. The molecule has 6 heteroatoms. The number of carbonyl (C=O) groups excluding carboxylic acids is 1. The molecule has 0 aliphatic heterocycles. The van der Waals surface area contributed by atoms with Gasteiger partial charge in [0.15, 0.2) is 9.84 Å². The van der Waals surface area contributed by atoms with Crippen molar-refractivity contribution in [2.45, 2.75) is 38.8 Å². The third-order valence-electron chi connectivity index (χ3n) is 4.70. The van der Waals surface area contributed by atoms with E-state index in [2.05, 4.69) is 30.1 Å². The third kappa shape index (κ3) is 5.65. The maximum atomic E-state index is 12.4. The Labute approximate surface area is 162 Å². The molecule has 0 atom stereocenters. The van der Waals surface area contributed by atoms with Gasteiger partial charge in [-0.1, -0.05) is 45.0 Å². The fourth-order valence-corrected chi connectivity index (χ4v) is 3.71. The molecule has 5 nitrogen and oxygen atoms in total. The van der Waals surface area contributed by atoms with Gasteiger partial charge in [-0.3, -0.25) is 9.69 Å². The molecule has 0 aliphatic rings. The summed E-state index contributed by atoms with van der Waals surface area (Å²) in [6.45, 7) is 9.11. The highest BCUT2D eigenvalue weighted by Gasteiger charge is 2.13. The van der Waals surface area contributed by atoms with Gasteiger partial charge in [-0.25, -0.2) is 8.42 Å². The largest absolute Gasteiger partial charge is 0.348 e. The van der Waals surface area contributed by atoms with Crippen molar-refractivity contribution in [3.05, 3.63) is 65.2 Å². The van der Waals surface area contributed by atoms with Gasteiger partial charge in [0.1, 0.15) is 0 Å². The Morgan fingerprint density at radius 2 is 1.52 bits per heavy atom. The minimum Gasteiger partial charge on any atom is -0.348 e. The average Bonchev–Trinajstić information content (AvgIpc) is 2.71. The zero-order valence-electron chi connectivity index (χ0n) is 16.2. The lowest BCUT2D eigenvalue weighted by Gasteiger charge is -2.20. The summed E-state index contributed by atoms with van der Waals surface area (Å²) in [4.78, 5) is 15.0. The summed E-state index contributed by atoms with van der Waals surface area (Å²) in [6.07, 6.45) is 0. The number of benzene rings is 2. The number of sulfone groups is 1. The number of rotatable bonds is 9. The average molecular weight is 389 g/mol. The van der Waals surface area contributed by atoms with Crippen LogP contribution < -0.4 is 5.32 Å². The zero-order valence-corrected chi connectivity index (χ0v) is 17.1. The lowest BCUT2D eigenvalue weighted by molar-refractivity contribution is 0.0950. The van der Waals surface area contributed by atoms with E-state index >= 15 is 0 Å². The molecule has 27 heavy (non-hydrogen) atoms. The van der Waals surface area contributed by atoms with Crippen LogP contribution in [0.25, 0.3) is 0 Å². The standard InChI is InChI=1S/C21H28N2O3S/c1-4-23(5-2)16-19-10-8-7-9-18(19)15-22-21(24)17-11-13-20(14-12-17)27(25,26)6-3/h7-14H,4-6,15-16H2,1-3H3,(H,22,24). The number of hydrogen-bond donors (Lipinski definition) is 1. The molecule has 0 saturated heterocycles.